The van der Waals surface area contributed by atoms with Crippen LogP contribution < -0.4 is 0 Å². The Kier molecular flexibility index (Phi) is 4.28. The molecule has 18 heavy (non-hydrogen) atoms. The minimum absolute atomic E-state index is 0.205. The first kappa shape index (κ1) is 13.0. The van der Waals surface area contributed by atoms with E-state index in [1.165, 1.54) is 30.7 Å². The van der Waals surface area contributed by atoms with Crippen molar-refractivity contribution in [1.29, 1.82) is 0 Å². The summed E-state index contributed by atoms with van der Waals surface area (Å²) in [6, 6.07) is 5.16. The monoisotopic (exact) mass is 252 g/mol. The first-order valence-electron chi connectivity index (χ1n) is 6.15. The molecule has 0 atom stereocenters. The van der Waals surface area contributed by atoms with Gasteiger partial charge in [-0.15, -0.1) is 0 Å². The third kappa shape index (κ3) is 3.27. The third-order valence-corrected chi connectivity index (χ3v) is 3.11. The van der Waals surface area contributed by atoms with Crippen molar-refractivity contribution in [2.75, 3.05) is 19.8 Å². The SMILES string of the molecule is O=C(c1ccc(F)cc1)N(O)CN1CCCCC1. The van der Waals surface area contributed by atoms with Gasteiger partial charge in [0.2, 0.25) is 0 Å². The van der Waals surface area contributed by atoms with Crippen molar-refractivity contribution >= 4 is 5.91 Å². The summed E-state index contributed by atoms with van der Waals surface area (Å²) in [7, 11) is 0. The van der Waals surface area contributed by atoms with Gasteiger partial charge in [-0.05, 0) is 50.2 Å². The van der Waals surface area contributed by atoms with Crippen molar-refractivity contribution in [3.63, 3.8) is 0 Å². The Labute approximate surface area is 106 Å². The largest absolute Gasteiger partial charge is 0.284 e. The highest BCUT2D eigenvalue weighted by molar-refractivity contribution is 5.93. The van der Waals surface area contributed by atoms with Gasteiger partial charge in [0.15, 0.2) is 0 Å². The minimum atomic E-state index is -0.499. The summed E-state index contributed by atoms with van der Waals surface area (Å²) >= 11 is 0. The summed E-state index contributed by atoms with van der Waals surface area (Å²) in [5.74, 6) is -0.896. The number of carbonyl (C=O) groups is 1. The number of nitrogens with zero attached hydrogens (tertiary/aromatic N) is 2. The molecule has 0 spiro atoms. The standard InChI is InChI=1S/C13H17FN2O2/c14-12-6-4-11(5-7-12)13(17)16(18)10-15-8-2-1-3-9-15/h4-7,18H,1-3,8-10H2. The molecule has 1 aliphatic heterocycles. The van der Waals surface area contributed by atoms with Crippen LogP contribution in [0.3, 0.4) is 0 Å². The number of likely N-dealkylation sites (tertiary alicyclic amines) is 1. The summed E-state index contributed by atoms with van der Waals surface area (Å²) in [6.07, 6.45) is 3.39. The molecule has 1 saturated heterocycles. The molecule has 98 valence electrons. The minimum Gasteiger partial charge on any atom is -0.284 e. The molecule has 0 saturated carbocycles. The molecule has 1 aliphatic rings. The second kappa shape index (κ2) is 5.93. The summed E-state index contributed by atoms with van der Waals surface area (Å²) in [4.78, 5) is 13.9. The Balaban J connectivity index is 1.93. The zero-order chi connectivity index (χ0) is 13.0. The number of benzene rings is 1. The van der Waals surface area contributed by atoms with Crippen LogP contribution in [0.25, 0.3) is 0 Å². The topological polar surface area (TPSA) is 43.8 Å². The van der Waals surface area contributed by atoms with Gasteiger partial charge in [-0.1, -0.05) is 6.42 Å². The van der Waals surface area contributed by atoms with Gasteiger partial charge < -0.3 is 0 Å². The quantitative estimate of drug-likeness (QED) is 0.662. The molecule has 5 heteroatoms. The fraction of sp³-hybridized carbons (Fsp3) is 0.462. The molecule has 0 aliphatic carbocycles. The number of piperidine rings is 1. The number of halogens is 1. The van der Waals surface area contributed by atoms with Gasteiger partial charge in [0, 0.05) is 5.56 Å². The predicted octanol–water partition coefficient (Wildman–Crippen LogP) is 2.10. The van der Waals surface area contributed by atoms with Gasteiger partial charge in [-0.3, -0.25) is 14.9 Å². The molecule has 0 bridgehead atoms. The van der Waals surface area contributed by atoms with Crippen LogP contribution in [-0.2, 0) is 0 Å². The van der Waals surface area contributed by atoms with Crippen molar-refractivity contribution in [2.45, 2.75) is 19.3 Å². The van der Waals surface area contributed by atoms with E-state index in [9.17, 15) is 14.4 Å². The maximum Gasteiger partial charge on any atom is 0.278 e. The molecule has 0 radical (unpaired) electrons. The van der Waals surface area contributed by atoms with Crippen molar-refractivity contribution in [1.82, 2.24) is 9.96 Å². The number of hydrogen-bond acceptors (Lipinski definition) is 3. The van der Waals surface area contributed by atoms with Crippen molar-refractivity contribution in [2.24, 2.45) is 0 Å². The maximum absolute atomic E-state index is 12.7. The molecular weight excluding hydrogens is 235 g/mol. The van der Waals surface area contributed by atoms with Gasteiger partial charge >= 0.3 is 0 Å². The fourth-order valence-electron chi connectivity index (χ4n) is 2.10. The first-order valence-corrected chi connectivity index (χ1v) is 6.15. The smallest absolute Gasteiger partial charge is 0.278 e. The van der Waals surface area contributed by atoms with E-state index < -0.39 is 11.7 Å². The predicted molar refractivity (Wildman–Crippen MR) is 64.6 cm³/mol. The van der Waals surface area contributed by atoms with E-state index in [-0.39, 0.29) is 12.2 Å². The fourth-order valence-corrected chi connectivity index (χ4v) is 2.10. The van der Waals surface area contributed by atoms with Crippen molar-refractivity contribution < 1.29 is 14.4 Å². The van der Waals surface area contributed by atoms with Crippen LogP contribution in [0.15, 0.2) is 24.3 Å². The molecule has 2 rings (SSSR count). The van der Waals surface area contributed by atoms with Crippen molar-refractivity contribution in [3.8, 4) is 0 Å². The summed E-state index contributed by atoms with van der Waals surface area (Å²) in [6.45, 7) is 2.00. The molecule has 1 aromatic rings. The molecule has 1 N–H and O–H groups in total. The molecule has 0 unspecified atom stereocenters. The van der Waals surface area contributed by atoms with E-state index >= 15 is 0 Å². The Bertz CT molecular complexity index is 402. The zero-order valence-corrected chi connectivity index (χ0v) is 10.2. The lowest BCUT2D eigenvalue weighted by Crippen LogP contribution is -2.41. The van der Waals surface area contributed by atoms with Crippen molar-refractivity contribution in [3.05, 3.63) is 35.6 Å². The second-order valence-corrected chi connectivity index (χ2v) is 4.53. The van der Waals surface area contributed by atoms with Gasteiger partial charge in [0.1, 0.15) is 12.5 Å². The molecule has 1 amide bonds. The van der Waals surface area contributed by atoms with Crippen LogP contribution >= 0.6 is 0 Å². The first-order chi connectivity index (χ1) is 8.66. The lowest BCUT2D eigenvalue weighted by Gasteiger charge is -2.29. The Morgan fingerprint density at radius 2 is 1.83 bits per heavy atom. The highest BCUT2D eigenvalue weighted by atomic mass is 19.1. The summed E-state index contributed by atoms with van der Waals surface area (Å²) in [5, 5.41) is 10.4. The third-order valence-electron chi connectivity index (χ3n) is 3.11. The molecule has 4 nitrogen and oxygen atoms in total. The lowest BCUT2D eigenvalue weighted by atomic mass is 10.1. The molecule has 1 aromatic carbocycles. The van der Waals surface area contributed by atoms with Crippen LogP contribution in [0.5, 0.6) is 0 Å². The van der Waals surface area contributed by atoms with Gasteiger partial charge in [-0.25, -0.2) is 9.45 Å². The van der Waals surface area contributed by atoms with Crippen LogP contribution in [0.2, 0.25) is 0 Å². The van der Waals surface area contributed by atoms with Gasteiger partial charge in [0.05, 0.1) is 0 Å². The number of hydroxylamine groups is 2. The van der Waals surface area contributed by atoms with Gasteiger partial charge in [0.25, 0.3) is 5.91 Å². The zero-order valence-electron chi connectivity index (χ0n) is 10.2. The van der Waals surface area contributed by atoms with E-state index in [2.05, 4.69) is 0 Å². The molecule has 1 fully saturated rings. The summed E-state index contributed by atoms with van der Waals surface area (Å²) in [5.41, 5.74) is 0.288. The highest BCUT2D eigenvalue weighted by Crippen LogP contribution is 2.10. The van der Waals surface area contributed by atoms with E-state index in [0.29, 0.717) is 5.06 Å². The maximum atomic E-state index is 12.7. The lowest BCUT2D eigenvalue weighted by molar-refractivity contribution is -0.0915. The second-order valence-electron chi connectivity index (χ2n) is 4.53. The van der Waals surface area contributed by atoms with Crippen LogP contribution in [-0.4, -0.2) is 40.8 Å². The molecule has 0 aromatic heterocycles. The number of hydrogen-bond donors (Lipinski definition) is 1. The summed E-state index contributed by atoms with van der Waals surface area (Å²) < 4.78 is 12.7. The Morgan fingerprint density at radius 3 is 2.44 bits per heavy atom. The number of rotatable bonds is 3. The number of amides is 1. The van der Waals surface area contributed by atoms with E-state index in [4.69, 9.17) is 0 Å². The van der Waals surface area contributed by atoms with Crippen LogP contribution in [0.1, 0.15) is 29.6 Å². The molecular formula is C13H17FN2O2. The van der Waals surface area contributed by atoms with Crippen LogP contribution in [0, 0.1) is 5.82 Å². The number of carbonyl (C=O) groups excluding carboxylic acids is 1. The Hall–Kier alpha value is -1.46. The highest BCUT2D eigenvalue weighted by Gasteiger charge is 2.18. The Morgan fingerprint density at radius 1 is 1.22 bits per heavy atom. The average Bonchev–Trinajstić information content (AvgIpc) is 2.40. The van der Waals surface area contributed by atoms with Crippen LogP contribution in [0.4, 0.5) is 4.39 Å². The molecule has 1 heterocycles. The van der Waals surface area contributed by atoms with E-state index in [1.807, 2.05) is 4.90 Å². The van der Waals surface area contributed by atoms with Gasteiger partial charge in [-0.2, -0.15) is 0 Å². The van der Waals surface area contributed by atoms with E-state index in [0.717, 1.165) is 25.9 Å². The van der Waals surface area contributed by atoms with E-state index in [1.54, 1.807) is 0 Å². The average molecular weight is 252 g/mol. The normalized spacial score (nSPS) is 16.6.